The van der Waals surface area contributed by atoms with Crippen molar-refractivity contribution in [1.29, 1.82) is 0 Å². The molecule has 7 nitrogen and oxygen atoms in total. The fourth-order valence-corrected chi connectivity index (χ4v) is 4.09. The largest absolute Gasteiger partial charge is 0.488 e. The molecule has 3 aromatic rings. The topological polar surface area (TPSA) is 71.7 Å². The van der Waals surface area contributed by atoms with Crippen LogP contribution in [0.4, 0.5) is 0 Å². The van der Waals surface area contributed by atoms with E-state index < -0.39 is 0 Å². The molecule has 164 valence electrons. The third kappa shape index (κ3) is 4.40. The number of amides is 1. The van der Waals surface area contributed by atoms with Gasteiger partial charge in [-0.25, -0.2) is 0 Å². The van der Waals surface area contributed by atoms with Crippen molar-refractivity contribution in [3.8, 4) is 17.1 Å². The minimum absolute atomic E-state index is 0.00900. The van der Waals surface area contributed by atoms with Crippen LogP contribution in [0.1, 0.15) is 17.0 Å². The van der Waals surface area contributed by atoms with E-state index in [1.165, 1.54) is 5.56 Å². The van der Waals surface area contributed by atoms with Gasteiger partial charge >= 0.3 is 0 Å². The fraction of sp³-hybridized carbons (Fsp3) is 0.292. The zero-order valence-electron chi connectivity index (χ0n) is 17.8. The Morgan fingerprint density at radius 2 is 1.88 bits per heavy atom. The normalized spacial score (nSPS) is 16.3. The summed E-state index contributed by atoms with van der Waals surface area (Å²) in [5.41, 5.74) is 3.61. The van der Waals surface area contributed by atoms with Crippen LogP contribution in [-0.2, 0) is 11.3 Å². The van der Waals surface area contributed by atoms with Crippen molar-refractivity contribution in [2.75, 3.05) is 32.8 Å². The number of benzene rings is 2. The van der Waals surface area contributed by atoms with Gasteiger partial charge in [0, 0.05) is 42.3 Å². The molecule has 8 heteroatoms. The van der Waals surface area contributed by atoms with Crippen LogP contribution in [0.15, 0.2) is 52.6 Å². The first-order valence-electron chi connectivity index (χ1n) is 10.6. The maximum atomic E-state index is 13.0. The van der Waals surface area contributed by atoms with E-state index in [0.717, 1.165) is 30.0 Å². The second kappa shape index (κ2) is 8.76. The lowest BCUT2D eigenvalue weighted by molar-refractivity contribution is -0.129. The van der Waals surface area contributed by atoms with Crippen molar-refractivity contribution < 1.29 is 14.1 Å². The van der Waals surface area contributed by atoms with Crippen molar-refractivity contribution in [3.05, 3.63) is 70.1 Å². The summed E-state index contributed by atoms with van der Waals surface area (Å²) in [5, 5.41) is 4.73. The van der Waals surface area contributed by atoms with E-state index in [1.54, 1.807) is 6.07 Å². The zero-order valence-corrected chi connectivity index (χ0v) is 18.5. The van der Waals surface area contributed by atoms with Crippen LogP contribution < -0.4 is 4.74 Å². The summed E-state index contributed by atoms with van der Waals surface area (Å²) in [6, 6.07) is 13.5. The van der Waals surface area contributed by atoms with E-state index in [9.17, 15) is 4.79 Å². The summed E-state index contributed by atoms with van der Waals surface area (Å²) in [5.74, 6) is 1.94. The van der Waals surface area contributed by atoms with Crippen LogP contribution in [0, 0.1) is 6.92 Å². The van der Waals surface area contributed by atoms with Gasteiger partial charge in [0.05, 0.1) is 12.1 Å². The van der Waals surface area contributed by atoms with Crippen molar-refractivity contribution in [2.45, 2.75) is 13.5 Å². The van der Waals surface area contributed by atoms with Crippen LogP contribution in [0.3, 0.4) is 0 Å². The molecule has 0 atom stereocenters. The minimum Gasteiger partial charge on any atom is -0.488 e. The van der Waals surface area contributed by atoms with Crippen molar-refractivity contribution >= 4 is 23.6 Å². The van der Waals surface area contributed by atoms with Crippen LogP contribution >= 0.6 is 11.6 Å². The standard InChI is InChI=1S/C24H23ClN4O3/c1-16-2-4-17(5-3-16)23-26-22(32-27-23)14-28-8-10-29(11-9-28)24(30)19-12-18-13-20(25)6-7-21(18)31-15-19/h2-7,12-13H,8-11,14-15H2,1H3. The molecule has 0 aliphatic carbocycles. The van der Waals surface area contributed by atoms with E-state index in [-0.39, 0.29) is 12.5 Å². The summed E-state index contributed by atoms with van der Waals surface area (Å²) < 4.78 is 11.2. The van der Waals surface area contributed by atoms with E-state index >= 15 is 0 Å². The molecule has 2 aliphatic rings. The predicted octanol–water partition coefficient (Wildman–Crippen LogP) is 3.82. The molecule has 1 saturated heterocycles. The zero-order chi connectivity index (χ0) is 22.1. The van der Waals surface area contributed by atoms with Gasteiger partial charge in [-0.1, -0.05) is 46.6 Å². The number of fused-ring (bicyclic) bond motifs is 1. The van der Waals surface area contributed by atoms with E-state index in [2.05, 4.69) is 15.0 Å². The molecule has 1 fully saturated rings. The summed E-state index contributed by atoms with van der Waals surface area (Å²) in [6.45, 7) is 5.64. The second-order valence-electron chi connectivity index (χ2n) is 8.09. The molecule has 0 bridgehead atoms. The van der Waals surface area contributed by atoms with Crippen molar-refractivity contribution in [2.24, 2.45) is 0 Å². The van der Waals surface area contributed by atoms with Gasteiger partial charge in [-0.05, 0) is 31.2 Å². The third-order valence-corrected chi connectivity index (χ3v) is 5.99. The predicted molar refractivity (Wildman–Crippen MR) is 121 cm³/mol. The molecular formula is C24H23ClN4O3. The van der Waals surface area contributed by atoms with Crippen molar-refractivity contribution in [3.63, 3.8) is 0 Å². The number of aromatic nitrogens is 2. The number of aryl methyl sites for hydroxylation is 1. The lowest BCUT2D eigenvalue weighted by Crippen LogP contribution is -2.49. The minimum atomic E-state index is 0.00900. The lowest BCUT2D eigenvalue weighted by atomic mass is 10.1. The van der Waals surface area contributed by atoms with E-state index in [1.807, 2.05) is 54.3 Å². The second-order valence-corrected chi connectivity index (χ2v) is 8.52. The first-order chi connectivity index (χ1) is 15.5. The number of hydrogen-bond donors (Lipinski definition) is 0. The van der Waals surface area contributed by atoms with Crippen LogP contribution in [-0.4, -0.2) is 58.6 Å². The first-order valence-corrected chi connectivity index (χ1v) is 11.0. The van der Waals surface area contributed by atoms with Gasteiger partial charge in [0.1, 0.15) is 12.4 Å². The van der Waals surface area contributed by atoms with E-state index in [4.69, 9.17) is 20.9 Å². The van der Waals surface area contributed by atoms with Crippen LogP contribution in [0.5, 0.6) is 5.75 Å². The summed E-state index contributed by atoms with van der Waals surface area (Å²) in [7, 11) is 0. The summed E-state index contributed by atoms with van der Waals surface area (Å²) >= 11 is 6.07. The smallest absolute Gasteiger partial charge is 0.253 e. The van der Waals surface area contributed by atoms with Gasteiger partial charge in [-0.15, -0.1) is 0 Å². The highest BCUT2D eigenvalue weighted by Gasteiger charge is 2.26. The highest BCUT2D eigenvalue weighted by molar-refractivity contribution is 6.30. The molecule has 0 unspecified atom stereocenters. The number of halogens is 1. The van der Waals surface area contributed by atoms with Gasteiger partial charge in [0.15, 0.2) is 0 Å². The molecule has 0 spiro atoms. The Hall–Kier alpha value is -3.16. The number of rotatable bonds is 4. The number of hydrogen-bond acceptors (Lipinski definition) is 6. The number of carbonyl (C=O) groups is 1. The van der Waals surface area contributed by atoms with Crippen LogP contribution in [0.2, 0.25) is 5.02 Å². The van der Waals surface area contributed by atoms with Gasteiger partial charge in [0.2, 0.25) is 11.7 Å². The fourth-order valence-electron chi connectivity index (χ4n) is 3.91. The highest BCUT2D eigenvalue weighted by Crippen LogP contribution is 2.29. The third-order valence-electron chi connectivity index (χ3n) is 5.76. The molecule has 0 N–H and O–H groups in total. The molecule has 5 rings (SSSR count). The molecule has 0 radical (unpaired) electrons. The Bertz CT molecular complexity index is 1160. The Balaban J connectivity index is 1.18. The number of piperazine rings is 1. The number of ether oxygens (including phenoxy) is 1. The average Bonchev–Trinajstić information content (AvgIpc) is 3.27. The monoisotopic (exact) mass is 450 g/mol. The van der Waals surface area contributed by atoms with Crippen molar-refractivity contribution in [1.82, 2.24) is 19.9 Å². The molecule has 3 heterocycles. The van der Waals surface area contributed by atoms with Gasteiger partial charge in [-0.2, -0.15) is 4.98 Å². The van der Waals surface area contributed by atoms with Crippen LogP contribution in [0.25, 0.3) is 17.5 Å². The van der Waals surface area contributed by atoms with Gasteiger partial charge in [-0.3, -0.25) is 9.69 Å². The maximum Gasteiger partial charge on any atom is 0.253 e. The first kappa shape index (κ1) is 20.7. The number of carbonyl (C=O) groups excluding carboxylic acids is 1. The Labute approximate surface area is 191 Å². The van der Waals surface area contributed by atoms with Gasteiger partial charge in [0.25, 0.3) is 5.91 Å². The SMILES string of the molecule is Cc1ccc(-c2noc(CN3CCN(C(=O)C4=Cc5cc(Cl)ccc5OC4)CC3)n2)cc1. The summed E-state index contributed by atoms with van der Waals surface area (Å²) in [6.07, 6.45) is 1.88. The molecule has 0 saturated carbocycles. The Morgan fingerprint density at radius 1 is 1.09 bits per heavy atom. The molecular weight excluding hydrogens is 428 g/mol. The number of nitrogens with zero attached hydrogens (tertiary/aromatic N) is 4. The maximum absolute atomic E-state index is 13.0. The molecule has 1 amide bonds. The Morgan fingerprint density at radius 3 is 2.66 bits per heavy atom. The van der Waals surface area contributed by atoms with E-state index in [0.29, 0.717) is 41.9 Å². The molecule has 1 aromatic heterocycles. The lowest BCUT2D eigenvalue weighted by Gasteiger charge is -2.34. The highest BCUT2D eigenvalue weighted by atomic mass is 35.5. The average molecular weight is 451 g/mol. The van der Waals surface area contributed by atoms with Gasteiger partial charge < -0.3 is 14.2 Å². The Kier molecular flexibility index (Phi) is 5.68. The quantitative estimate of drug-likeness (QED) is 0.601. The summed E-state index contributed by atoms with van der Waals surface area (Å²) in [4.78, 5) is 21.6. The molecule has 2 aromatic carbocycles. The molecule has 2 aliphatic heterocycles. The molecule has 32 heavy (non-hydrogen) atoms.